The van der Waals surface area contributed by atoms with Gasteiger partial charge in [0.25, 0.3) is 0 Å². The number of hydrogen-bond acceptors (Lipinski definition) is 6. The number of hydrogen-bond donors (Lipinski definition) is 1. The van der Waals surface area contributed by atoms with E-state index in [-0.39, 0.29) is 11.7 Å². The van der Waals surface area contributed by atoms with Crippen LogP contribution < -0.4 is 9.47 Å². The molecule has 0 saturated carbocycles. The summed E-state index contributed by atoms with van der Waals surface area (Å²) in [5, 5.41) is 9.34. The van der Waals surface area contributed by atoms with Gasteiger partial charge >= 0.3 is 11.9 Å². The lowest BCUT2D eigenvalue weighted by molar-refractivity contribution is -0.139. The van der Waals surface area contributed by atoms with Gasteiger partial charge in [0.15, 0.2) is 0 Å². The molecule has 0 bridgehead atoms. The number of unbranched alkanes of at least 4 members (excludes halogenated alkanes) is 3. The summed E-state index contributed by atoms with van der Waals surface area (Å²) in [4.78, 5) is 22.8. The maximum absolute atomic E-state index is 11.9. The van der Waals surface area contributed by atoms with Crippen molar-refractivity contribution in [2.24, 2.45) is 0 Å². The highest BCUT2D eigenvalue weighted by molar-refractivity contribution is 5.89. The minimum Gasteiger partial charge on any atom is -0.508 e. The number of carbonyl (C=O) groups excluding carboxylic acids is 2. The molecule has 6 nitrogen and oxygen atoms in total. The van der Waals surface area contributed by atoms with Gasteiger partial charge in [-0.15, -0.1) is 0 Å². The van der Waals surface area contributed by atoms with Crippen LogP contribution in [0.15, 0.2) is 91.0 Å². The third kappa shape index (κ3) is 11.2. The number of phenols is 1. The summed E-state index contributed by atoms with van der Waals surface area (Å²) in [6.07, 6.45) is 7.59. The van der Waals surface area contributed by atoms with E-state index in [1.165, 1.54) is 18.9 Å². The van der Waals surface area contributed by atoms with Crippen LogP contribution in [0.2, 0.25) is 0 Å². The predicted octanol–water partition coefficient (Wildman–Crippen LogP) is 7.37. The van der Waals surface area contributed by atoms with E-state index in [0.717, 1.165) is 35.3 Å². The molecule has 0 amide bonds. The number of esters is 2. The molecule has 0 heterocycles. The third-order valence-corrected chi connectivity index (χ3v) is 5.38. The second-order valence-electron chi connectivity index (χ2n) is 8.58. The Kier molecular flexibility index (Phi) is 12.9. The van der Waals surface area contributed by atoms with Gasteiger partial charge in [0.2, 0.25) is 0 Å². The molecule has 0 aliphatic heterocycles. The van der Waals surface area contributed by atoms with E-state index in [1.54, 1.807) is 44.4 Å². The van der Waals surface area contributed by atoms with Crippen molar-refractivity contribution in [3.05, 3.63) is 96.6 Å². The van der Waals surface area contributed by atoms with E-state index >= 15 is 0 Å². The molecule has 0 aliphatic rings. The number of aromatic hydroxyl groups is 1. The molecule has 3 aromatic carbocycles. The Balaban J connectivity index is 0.000000358. The third-order valence-electron chi connectivity index (χ3n) is 5.38. The first-order valence-corrected chi connectivity index (χ1v) is 12.6. The number of ether oxygens (including phenoxy) is 3. The quantitative estimate of drug-likeness (QED) is 0.124. The summed E-state index contributed by atoms with van der Waals surface area (Å²) < 4.78 is 15.3. The van der Waals surface area contributed by atoms with Crippen LogP contribution >= 0.6 is 0 Å². The van der Waals surface area contributed by atoms with Gasteiger partial charge in [-0.2, -0.15) is 0 Å². The second kappa shape index (κ2) is 16.4. The monoisotopic (exact) mass is 516 g/mol. The maximum atomic E-state index is 11.9. The van der Waals surface area contributed by atoms with Crippen LogP contribution in [-0.2, 0) is 14.3 Å². The molecule has 0 radical (unpaired) electrons. The highest BCUT2D eigenvalue weighted by Crippen LogP contribution is 2.24. The normalized spacial score (nSPS) is 10.3. The van der Waals surface area contributed by atoms with E-state index in [0.29, 0.717) is 17.9 Å². The van der Waals surface area contributed by atoms with Gasteiger partial charge in [0.1, 0.15) is 17.2 Å². The fraction of sp³-hybridized carbons (Fsp3) is 0.250. The van der Waals surface area contributed by atoms with Gasteiger partial charge in [0, 0.05) is 11.6 Å². The Morgan fingerprint density at radius 3 is 1.97 bits per heavy atom. The van der Waals surface area contributed by atoms with Crippen molar-refractivity contribution < 1.29 is 28.9 Å². The van der Waals surface area contributed by atoms with Crippen molar-refractivity contribution in [1.82, 2.24) is 0 Å². The van der Waals surface area contributed by atoms with E-state index in [1.807, 2.05) is 48.5 Å². The summed E-state index contributed by atoms with van der Waals surface area (Å²) in [6.45, 7) is 7.84. The van der Waals surface area contributed by atoms with Crippen molar-refractivity contribution in [2.45, 2.75) is 39.5 Å². The average molecular weight is 517 g/mol. The van der Waals surface area contributed by atoms with Crippen molar-refractivity contribution >= 4 is 18.0 Å². The molecular formula is C32H36O6. The molecule has 0 aliphatic carbocycles. The van der Waals surface area contributed by atoms with Crippen molar-refractivity contribution in [3.63, 3.8) is 0 Å². The van der Waals surface area contributed by atoms with Crippen LogP contribution in [0.25, 0.3) is 17.2 Å². The van der Waals surface area contributed by atoms with Crippen LogP contribution in [-0.4, -0.2) is 30.8 Å². The first-order valence-electron chi connectivity index (χ1n) is 12.6. The molecule has 0 unspecified atom stereocenters. The minimum absolute atomic E-state index is 0.225. The van der Waals surface area contributed by atoms with Crippen molar-refractivity contribution in [1.29, 1.82) is 0 Å². The molecule has 38 heavy (non-hydrogen) atoms. The lowest BCUT2D eigenvalue weighted by Gasteiger charge is -2.05. The highest BCUT2D eigenvalue weighted by atomic mass is 16.5. The zero-order valence-corrected chi connectivity index (χ0v) is 22.3. The van der Waals surface area contributed by atoms with Gasteiger partial charge in [0.05, 0.1) is 13.7 Å². The van der Waals surface area contributed by atoms with Crippen molar-refractivity contribution in [3.8, 4) is 28.4 Å². The average Bonchev–Trinajstić information content (AvgIpc) is 2.93. The first-order chi connectivity index (χ1) is 18.3. The van der Waals surface area contributed by atoms with Crippen LogP contribution in [0.1, 0.15) is 45.1 Å². The second-order valence-corrected chi connectivity index (χ2v) is 8.58. The fourth-order valence-electron chi connectivity index (χ4n) is 3.22. The zero-order chi connectivity index (χ0) is 27.8. The molecule has 200 valence electrons. The molecule has 0 atom stereocenters. The van der Waals surface area contributed by atoms with Crippen LogP contribution in [0, 0.1) is 0 Å². The number of carbonyl (C=O) groups is 2. The predicted molar refractivity (Wildman–Crippen MR) is 151 cm³/mol. The Morgan fingerprint density at radius 2 is 1.42 bits per heavy atom. The van der Waals surface area contributed by atoms with Gasteiger partial charge in [-0.3, -0.25) is 0 Å². The maximum Gasteiger partial charge on any atom is 0.336 e. The van der Waals surface area contributed by atoms with Gasteiger partial charge in [-0.05, 0) is 72.5 Å². The Morgan fingerprint density at radius 1 is 0.842 bits per heavy atom. The van der Waals surface area contributed by atoms with Crippen LogP contribution in [0.4, 0.5) is 0 Å². The summed E-state index contributed by atoms with van der Waals surface area (Å²) >= 11 is 0. The number of rotatable bonds is 11. The SMILES string of the molecule is C=C(C)C(=O)OCCCCCC.COc1ccc(/C=C/C(=O)Oc2ccc(-c3ccc(O)cc3)cc2)cc1. The minimum atomic E-state index is -0.446. The first kappa shape index (κ1) is 29.9. The standard InChI is InChI=1S/C22H18O4.C10H18O2/c1-25-20-11-2-16(3-12-20)4-15-22(24)26-21-13-7-18(8-14-21)17-5-9-19(23)10-6-17;1-4-5-6-7-8-12-10(11)9(2)3/h2-15,23H,1H3;2,4-8H2,1,3H3/b15-4+;. The number of benzene rings is 3. The summed E-state index contributed by atoms with van der Waals surface area (Å²) in [7, 11) is 1.61. The molecule has 0 saturated heterocycles. The van der Waals surface area contributed by atoms with E-state index in [9.17, 15) is 14.7 Å². The molecule has 3 rings (SSSR count). The van der Waals surface area contributed by atoms with Gasteiger partial charge in [-0.25, -0.2) is 9.59 Å². The smallest absolute Gasteiger partial charge is 0.336 e. The van der Waals surface area contributed by atoms with E-state index in [2.05, 4.69) is 13.5 Å². The Bertz CT molecular complexity index is 1180. The topological polar surface area (TPSA) is 82.1 Å². The molecule has 6 heteroatoms. The van der Waals surface area contributed by atoms with Crippen molar-refractivity contribution in [2.75, 3.05) is 13.7 Å². The van der Waals surface area contributed by atoms with Gasteiger partial charge < -0.3 is 19.3 Å². The van der Waals surface area contributed by atoms with Crippen LogP contribution in [0.5, 0.6) is 17.2 Å². The Labute approximate surface area is 225 Å². The van der Waals surface area contributed by atoms with E-state index < -0.39 is 5.97 Å². The fourth-order valence-corrected chi connectivity index (χ4v) is 3.22. The van der Waals surface area contributed by atoms with E-state index in [4.69, 9.17) is 14.2 Å². The molecule has 3 aromatic rings. The Hall–Kier alpha value is -4.32. The lowest BCUT2D eigenvalue weighted by atomic mass is 10.1. The number of phenolic OH excluding ortho intramolecular Hbond substituents is 1. The lowest BCUT2D eigenvalue weighted by Crippen LogP contribution is -2.05. The largest absolute Gasteiger partial charge is 0.508 e. The molecule has 0 aromatic heterocycles. The molecule has 0 fully saturated rings. The summed E-state index contributed by atoms with van der Waals surface area (Å²) in [5.74, 6) is 0.739. The summed E-state index contributed by atoms with van der Waals surface area (Å²) in [6, 6.07) is 21.5. The molecule has 0 spiro atoms. The number of methoxy groups -OCH3 is 1. The summed E-state index contributed by atoms with van der Waals surface area (Å²) in [5.41, 5.74) is 3.30. The molecular weight excluding hydrogens is 480 g/mol. The van der Waals surface area contributed by atoms with Gasteiger partial charge in [-0.1, -0.05) is 69.2 Å². The van der Waals surface area contributed by atoms with Crippen LogP contribution in [0.3, 0.4) is 0 Å². The highest BCUT2D eigenvalue weighted by Gasteiger charge is 2.03. The molecule has 1 N–H and O–H groups in total. The zero-order valence-electron chi connectivity index (χ0n) is 22.3.